The van der Waals surface area contributed by atoms with Gasteiger partial charge in [-0.05, 0) is 17.7 Å². The SMILES string of the molecule is COC(=O)[C@H]1COC[C@H]1c1ccc(OC)cc1. The van der Waals surface area contributed by atoms with Crippen molar-refractivity contribution in [2.45, 2.75) is 5.92 Å². The monoisotopic (exact) mass is 236 g/mol. The van der Waals surface area contributed by atoms with Gasteiger partial charge in [-0.3, -0.25) is 4.79 Å². The van der Waals surface area contributed by atoms with Crippen LogP contribution in [0.2, 0.25) is 0 Å². The summed E-state index contributed by atoms with van der Waals surface area (Å²) in [6.45, 7) is 0.996. The van der Waals surface area contributed by atoms with Gasteiger partial charge in [-0.1, -0.05) is 12.1 Å². The predicted molar refractivity (Wildman–Crippen MR) is 62.1 cm³/mol. The summed E-state index contributed by atoms with van der Waals surface area (Å²) in [5, 5.41) is 0. The van der Waals surface area contributed by atoms with Crippen LogP contribution in [0.25, 0.3) is 0 Å². The van der Waals surface area contributed by atoms with Crippen molar-refractivity contribution in [1.82, 2.24) is 0 Å². The largest absolute Gasteiger partial charge is 0.497 e. The molecule has 4 nitrogen and oxygen atoms in total. The molecule has 1 aromatic rings. The fraction of sp³-hybridized carbons (Fsp3) is 0.462. The third-order valence-corrected chi connectivity index (χ3v) is 3.13. The Kier molecular flexibility index (Phi) is 3.64. The molecular formula is C13H16O4. The highest BCUT2D eigenvalue weighted by atomic mass is 16.5. The smallest absolute Gasteiger partial charge is 0.311 e. The number of benzene rings is 1. The van der Waals surface area contributed by atoms with Crippen molar-refractivity contribution in [2.24, 2.45) is 5.92 Å². The first kappa shape index (κ1) is 11.9. The fourth-order valence-corrected chi connectivity index (χ4v) is 2.12. The standard InChI is InChI=1S/C13H16O4/c1-15-10-5-3-9(4-6-10)11-7-17-8-12(11)13(14)16-2/h3-6,11-12H,7-8H2,1-2H3/t11-,12-/m0/s1. The highest BCUT2D eigenvalue weighted by Gasteiger charge is 2.35. The first-order chi connectivity index (χ1) is 8.26. The summed E-state index contributed by atoms with van der Waals surface area (Å²) in [4.78, 5) is 11.6. The number of hydrogen-bond donors (Lipinski definition) is 0. The van der Waals surface area contributed by atoms with Crippen molar-refractivity contribution in [1.29, 1.82) is 0 Å². The van der Waals surface area contributed by atoms with Gasteiger partial charge in [-0.25, -0.2) is 0 Å². The molecule has 1 saturated heterocycles. The Bertz CT molecular complexity index is 385. The molecule has 0 unspecified atom stereocenters. The molecule has 0 radical (unpaired) electrons. The molecule has 0 saturated carbocycles. The first-order valence-electron chi connectivity index (χ1n) is 5.55. The van der Waals surface area contributed by atoms with E-state index in [1.54, 1.807) is 7.11 Å². The topological polar surface area (TPSA) is 44.8 Å². The second-order valence-corrected chi connectivity index (χ2v) is 4.05. The van der Waals surface area contributed by atoms with E-state index in [2.05, 4.69) is 0 Å². The van der Waals surface area contributed by atoms with Gasteiger partial charge in [0.25, 0.3) is 0 Å². The Labute approximate surface area is 100 Å². The number of esters is 1. The van der Waals surface area contributed by atoms with Crippen molar-refractivity contribution in [3.8, 4) is 5.75 Å². The summed E-state index contributed by atoms with van der Waals surface area (Å²) < 4.78 is 15.3. The van der Waals surface area contributed by atoms with Crippen LogP contribution in [0.5, 0.6) is 5.75 Å². The number of rotatable bonds is 3. The lowest BCUT2D eigenvalue weighted by Gasteiger charge is -2.15. The molecule has 0 aromatic heterocycles. The number of carbonyl (C=O) groups is 1. The molecule has 17 heavy (non-hydrogen) atoms. The van der Waals surface area contributed by atoms with Crippen LogP contribution in [0, 0.1) is 5.92 Å². The molecule has 2 rings (SSSR count). The molecule has 0 aliphatic carbocycles. The van der Waals surface area contributed by atoms with E-state index in [0.29, 0.717) is 13.2 Å². The number of ether oxygens (including phenoxy) is 3. The molecule has 1 aliphatic heterocycles. The van der Waals surface area contributed by atoms with Gasteiger partial charge >= 0.3 is 5.97 Å². The van der Waals surface area contributed by atoms with Crippen LogP contribution >= 0.6 is 0 Å². The summed E-state index contributed by atoms with van der Waals surface area (Å²) >= 11 is 0. The summed E-state index contributed by atoms with van der Waals surface area (Å²) in [6, 6.07) is 7.71. The van der Waals surface area contributed by atoms with Gasteiger partial charge in [-0.15, -0.1) is 0 Å². The normalized spacial score (nSPS) is 23.4. The summed E-state index contributed by atoms with van der Waals surface area (Å²) in [7, 11) is 3.04. The van der Waals surface area contributed by atoms with Gasteiger partial charge in [0.15, 0.2) is 0 Å². The minimum atomic E-state index is -0.205. The van der Waals surface area contributed by atoms with E-state index in [4.69, 9.17) is 14.2 Å². The average molecular weight is 236 g/mol. The molecule has 1 fully saturated rings. The van der Waals surface area contributed by atoms with E-state index >= 15 is 0 Å². The molecule has 4 heteroatoms. The Morgan fingerprint density at radius 3 is 2.53 bits per heavy atom. The maximum atomic E-state index is 11.6. The zero-order chi connectivity index (χ0) is 12.3. The summed E-state index contributed by atoms with van der Waals surface area (Å²) in [5.74, 6) is 0.479. The quantitative estimate of drug-likeness (QED) is 0.748. The Hall–Kier alpha value is -1.55. The van der Waals surface area contributed by atoms with Crippen molar-refractivity contribution in [2.75, 3.05) is 27.4 Å². The number of carbonyl (C=O) groups excluding carboxylic acids is 1. The minimum absolute atomic E-state index is 0.0772. The number of hydrogen-bond acceptors (Lipinski definition) is 4. The highest BCUT2D eigenvalue weighted by Crippen LogP contribution is 2.32. The van der Waals surface area contributed by atoms with E-state index < -0.39 is 0 Å². The molecular weight excluding hydrogens is 220 g/mol. The highest BCUT2D eigenvalue weighted by molar-refractivity contribution is 5.74. The van der Waals surface area contributed by atoms with Gasteiger partial charge in [0, 0.05) is 5.92 Å². The van der Waals surface area contributed by atoms with E-state index in [0.717, 1.165) is 11.3 Å². The van der Waals surface area contributed by atoms with E-state index in [1.807, 2.05) is 24.3 Å². The van der Waals surface area contributed by atoms with E-state index in [1.165, 1.54) is 7.11 Å². The molecule has 0 amide bonds. The van der Waals surface area contributed by atoms with Crippen LogP contribution in [0.3, 0.4) is 0 Å². The van der Waals surface area contributed by atoms with E-state index in [-0.39, 0.29) is 17.8 Å². The Morgan fingerprint density at radius 1 is 1.24 bits per heavy atom. The lowest BCUT2D eigenvalue weighted by Crippen LogP contribution is -2.22. The summed E-state index contributed by atoms with van der Waals surface area (Å²) in [6.07, 6.45) is 0. The fourth-order valence-electron chi connectivity index (χ4n) is 2.12. The molecule has 92 valence electrons. The maximum absolute atomic E-state index is 11.6. The molecule has 1 aromatic carbocycles. The second kappa shape index (κ2) is 5.19. The minimum Gasteiger partial charge on any atom is -0.497 e. The van der Waals surface area contributed by atoms with Gasteiger partial charge in [-0.2, -0.15) is 0 Å². The molecule has 0 spiro atoms. The third kappa shape index (κ3) is 2.42. The molecule has 0 N–H and O–H groups in total. The zero-order valence-corrected chi connectivity index (χ0v) is 10.0. The Morgan fingerprint density at radius 2 is 1.94 bits per heavy atom. The van der Waals surface area contributed by atoms with Crippen LogP contribution in [0.4, 0.5) is 0 Å². The van der Waals surface area contributed by atoms with Crippen LogP contribution in [-0.2, 0) is 14.3 Å². The van der Waals surface area contributed by atoms with Gasteiger partial charge < -0.3 is 14.2 Å². The second-order valence-electron chi connectivity index (χ2n) is 4.05. The number of methoxy groups -OCH3 is 2. The first-order valence-corrected chi connectivity index (χ1v) is 5.55. The van der Waals surface area contributed by atoms with Gasteiger partial charge in [0.1, 0.15) is 5.75 Å². The van der Waals surface area contributed by atoms with Gasteiger partial charge in [0.05, 0.1) is 33.4 Å². The van der Waals surface area contributed by atoms with Crippen LogP contribution in [0.15, 0.2) is 24.3 Å². The van der Waals surface area contributed by atoms with Gasteiger partial charge in [0.2, 0.25) is 0 Å². The van der Waals surface area contributed by atoms with Crippen LogP contribution in [-0.4, -0.2) is 33.4 Å². The van der Waals surface area contributed by atoms with Crippen molar-refractivity contribution in [3.63, 3.8) is 0 Å². The summed E-state index contributed by atoms with van der Waals surface area (Å²) in [5.41, 5.74) is 1.08. The van der Waals surface area contributed by atoms with Crippen molar-refractivity contribution >= 4 is 5.97 Å². The lowest BCUT2D eigenvalue weighted by atomic mass is 9.89. The third-order valence-electron chi connectivity index (χ3n) is 3.13. The molecule has 1 aliphatic rings. The maximum Gasteiger partial charge on any atom is 0.311 e. The zero-order valence-electron chi connectivity index (χ0n) is 10.0. The van der Waals surface area contributed by atoms with Crippen LogP contribution in [0.1, 0.15) is 11.5 Å². The average Bonchev–Trinajstić information content (AvgIpc) is 2.87. The Balaban J connectivity index is 2.17. The molecule has 0 bridgehead atoms. The van der Waals surface area contributed by atoms with Crippen molar-refractivity contribution < 1.29 is 19.0 Å². The van der Waals surface area contributed by atoms with Crippen LogP contribution < -0.4 is 4.74 Å². The molecule has 1 heterocycles. The molecule has 2 atom stereocenters. The van der Waals surface area contributed by atoms with E-state index in [9.17, 15) is 4.79 Å². The lowest BCUT2D eigenvalue weighted by molar-refractivity contribution is -0.145. The van der Waals surface area contributed by atoms with Crippen molar-refractivity contribution in [3.05, 3.63) is 29.8 Å². The predicted octanol–water partition coefficient (Wildman–Crippen LogP) is 1.60.